The number of hydrogen-bond donors (Lipinski definition) is 2. The van der Waals surface area contributed by atoms with Gasteiger partial charge < -0.3 is 15.2 Å². The number of carbonyl (C=O) groups is 2. The standard InChI is InChI=1S/C35H29ClF4N2O4/c1-2-3-28(21-4-6-23(7-5-21)34(45)42-17-16-32(43)44)33(22-8-12-26(36)13-9-22)46-27-14-10-24(20-41)30(19-27)29-15-11-25(18-31(29)37)35(38,39)40/h4-15,18-19,28,33H,2-3,16-17H2,1H3,(H,42,45)(H,43,44)/t28-,33+/m1/s1. The molecule has 0 saturated carbocycles. The number of carboxylic acids is 1. The normalized spacial score (nSPS) is 12.5. The number of nitrogens with one attached hydrogen (secondary N) is 1. The first-order chi connectivity index (χ1) is 21.9. The molecule has 0 aromatic heterocycles. The SMILES string of the molecule is CCC[C@H](c1ccc(C(=O)NCCC(=O)O)cc1)[C@@H](Oc1ccc(C#N)c(-c2ccc(C(F)(F)F)cc2F)c1)c1ccc(Cl)cc1. The van der Waals surface area contributed by atoms with Crippen LogP contribution in [-0.2, 0) is 11.0 Å². The molecule has 2 atom stereocenters. The van der Waals surface area contributed by atoms with Gasteiger partial charge in [0.2, 0.25) is 0 Å². The fourth-order valence-corrected chi connectivity index (χ4v) is 5.20. The molecule has 11 heteroatoms. The van der Waals surface area contributed by atoms with Crippen LogP contribution in [0.25, 0.3) is 11.1 Å². The molecular weight excluding hydrogens is 624 g/mol. The molecular formula is C35H29ClF4N2O4. The summed E-state index contributed by atoms with van der Waals surface area (Å²) in [6.07, 6.45) is -4.17. The first-order valence-corrected chi connectivity index (χ1v) is 14.7. The number of rotatable bonds is 12. The summed E-state index contributed by atoms with van der Waals surface area (Å²) in [5.41, 5.74) is 0.747. The highest BCUT2D eigenvalue weighted by atomic mass is 35.5. The molecule has 2 N–H and O–H groups in total. The van der Waals surface area contributed by atoms with E-state index in [9.17, 15) is 28.0 Å². The number of carbonyl (C=O) groups excluding carboxylic acids is 1. The lowest BCUT2D eigenvalue weighted by Gasteiger charge is -2.29. The summed E-state index contributed by atoms with van der Waals surface area (Å²) in [6, 6.07) is 22.4. The van der Waals surface area contributed by atoms with Crippen molar-refractivity contribution in [1.82, 2.24) is 5.32 Å². The van der Waals surface area contributed by atoms with Crippen LogP contribution >= 0.6 is 11.6 Å². The second-order valence-corrected chi connectivity index (χ2v) is 11.0. The molecule has 0 saturated heterocycles. The van der Waals surface area contributed by atoms with Crippen LogP contribution in [0.15, 0.2) is 84.9 Å². The Hall–Kier alpha value is -4.88. The molecule has 0 spiro atoms. The number of aliphatic carboxylic acids is 1. The van der Waals surface area contributed by atoms with Crippen molar-refractivity contribution in [3.8, 4) is 22.9 Å². The Morgan fingerprint density at radius 3 is 2.22 bits per heavy atom. The average Bonchev–Trinajstić information content (AvgIpc) is 3.02. The predicted octanol–water partition coefficient (Wildman–Crippen LogP) is 8.95. The van der Waals surface area contributed by atoms with Crippen molar-refractivity contribution in [1.29, 1.82) is 5.26 Å². The second kappa shape index (κ2) is 14.9. The number of amides is 1. The highest BCUT2D eigenvalue weighted by molar-refractivity contribution is 6.30. The van der Waals surface area contributed by atoms with Gasteiger partial charge in [0.05, 0.1) is 23.6 Å². The summed E-state index contributed by atoms with van der Waals surface area (Å²) in [6.45, 7) is 1.99. The molecule has 0 bridgehead atoms. The molecule has 46 heavy (non-hydrogen) atoms. The molecule has 1 amide bonds. The average molecular weight is 653 g/mol. The smallest absolute Gasteiger partial charge is 0.416 e. The lowest BCUT2D eigenvalue weighted by atomic mass is 9.85. The summed E-state index contributed by atoms with van der Waals surface area (Å²) in [5.74, 6) is -2.58. The van der Waals surface area contributed by atoms with Gasteiger partial charge >= 0.3 is 12.1 Å². The highest BCUT2D eigenvalue weighted by Gasteiger charge is 2.32. The van der Waals surface area contributed by atoms with Gasteiger partial charge in [0.1, 0.15) is 17.7 Å². The summed E-state index contributed by atoms with van der Waals surface area (Å²) in [5, 5.41) is 21.6. The molecule has 0 aliphatic rings. The number of ether oxygens (including phenoxy) is 1. The van der Waals surface area contributed by atoms with Gasteiger partial charge in [-0.3, -0.25) is 9.59 Å². The van der Waals surface area contributed by atoms with E-state index in [2.05, 4.69) is 5.32 Å². The number of benzene rings is 4. The molecule has 4 aromatic carbocycles. The van der Waals surface area contributed by atoms with Crippen molar-refractivity contribution < 1.29 is 37.0 Å². The zero-order valence-electron chi connectivity index (χ0n) is 24.6. The van der Waals surface area contributed by atoms with Gasteiger partial charge in [-0.1, -0.05) is 55.3 Å². The monoisotopic (exact) mass is 652 g/mol. The minimum absolute atomic E-state index is 0.0101. The number of carboxylic acid groups (broad SMARTS) is 1. The number of hydrogen-bond acceptors (Lipinski definition) is 4. The van der Waals surface area contributed by atoms with Crippen molar-refractivity contribution in [3.63, 3.8) is 0 Å². The molecule has 0 heterocycles. The molecule has 0 fully saturated rings. The maximum absolute atomic E-state index is 15.0. The first kappa shape index (κ1) is 34.0. The van der Waals surface area contributed by atoms with Crippen LogP contribution in [0.1, 0.15) is 70.8 Å². The Labute approximate surface area is 268 Å². The van der Waals surface area contributed by atoms with Crippen LogP contribution in [0.5, 0.6) is 5.75 Å². The van der Waals surface area contributed by atoms with E-state index in [1.54, 1.807) is 54.6 Å². The van der Waals surface area contributed by atoms with Gasteiger partial charge in [0, 0.05) is 34.2 Å². The van der Waals surface area contributed by atoms with Crippen LogP contribution in [0, 0.1) is 17.1 Å². The largest absolute Gasteiger partial charge is 0.485 e. The van der Waals surface area contributed by atoms with E-state index < -0.39 is 35.5 Å². The minimum atomic E-state index is -4.73. The topological polar surface area (TPSA) is 99.4 Å². The van der Waals surface area contributed by atoms with Crippen molar-refractivity contribution in [3.05, 3.63) is 124 Å². The molecule has 4 rings (SSSR count). The predicted molar refractivity (Wildman–Crippen MR) is 165 cm³/mol. The Kier molecular flexibility index (Phi) is 11.0. The zero-order valence-corrected chi connectivity index (χ0v) is 25.3. The van der Waals surface area contributed by atoms with Crippen LogP contribution < -0.4 is 10.1 Å². The number of halogens is 5. The van der Waals surface area contributed by atoms with Gasteiger partial charge in [-0.05, 0) is 72.1 Å². The Morgan fingerprint density at radius 2 is 1.63 bits per heavy atom. The van der Waals surface area contributed by atoms with Crippen LogP contribution in [-0.4, -0.2) is 23.5 Å². The third-order valence-corrected chi connectivity index (χ3v) is 7.60. The highest BCUT2D eigenvalue weighted by Crippen LogP contribution is 2.41. The van der Waals surface area contributed by atoms with Crippen LogP contribution in [0.2, 0.25) is 5.02 Å². The van der Waals surface area contributed by atoms with E-state index in [0.717, 1.165) is 29.7 Å². The van der Waals surface area contributed by atoms with Crippen LogP contribution in [0.4, 0.5) is 17.6 Å². The number of alkyl halides is 3. The maximum Gasteiger partial charge on any atom is 0.416 e. The van der Waals surface area contributed by atoms with Gasteiger partial charge in [0.15, 0.2) is 0 Å². The van der Waals surface area contributed by atoms with E-state index in [-0.39, 0.29) is 41.3 Å². The van der Waals surface area contributed by atoms with E-state index in [0.29, 0.717) is 23.1 Å². The molecule has 6 nitrogen and oxygen atoms in total. The fraction of sp³-hybridized carbons (Fsp3) is 0.229. The van der Waals surface area contributed by atoms with Crippen molar-refractivity contribution in [2.75, 3.05) is 6.54 Å². The van der Waals surface area contributed by atoms with Gasteiger partial charge in [0.25, 0.3) is 5.91 Å². The summed E-state index contributed by atoms with van der Waals surface area (Å²) in [7, 11) is 0. The minimum Gasteiger partial charge on any atom is -0.485 e. The molecule has 0 radical (unpaired) electrons. The zero-order chi connectivity index (χ0) is 33.4. The maximum atomic E-state index is 15.0. The number of nitrogens with zero attached hydrogens (tertiary/aromatic N) is 1. The molecule has 0 aliphatic heterocycles. The summed E-state index contributed by atoms with van der Waals surface area (Å²) < 4.78 is 61.1. The quantitative estimate of drug-likeness (QED) is 0.149. The summed E-state index contributed by atoms with van der Waals surface area (Å²) in [4.78, 5) is 23.3. The third kappa shape index (κ3) is 8.43. The van der Waals surface area contributed by atoms with Crippen molar-refractivity contribution in [2.45, 2.75) is 44.4 Å². The Bertz CT molecular complexity index is 1740. The lowest BCUT2D eigenvalue weighted by molar-refractivity contribution is -0.138. The third-order valence-electron chi connectivity index (χ3n) is 7.35. The Morgan fingerprint density at radius 1 is 0.957 bits per heavy atom. The first-order valence-electron chi connectivity index (χ1n) is 14.3. The van der Waals surface area contributed by atoms with Crippen molar-refractivity contribution >= 4 is 23.5 Å². The van der Waals surface area contributed by atoms with E-state index in [1.165, 1.54) is 12.1 Å². The van der Waals surface area contributed by atoms with E-state index in [4.69, 9.17) is 21.4 Å². The molecule has 238 valence electrons. The lowest BCUT2D eigenvalue weighted by Crippen LogP contribution is -2.26. The van der Waals surface area contributed by atoms with Gasteiger partial charge in [-0.25, -0.2) is 4.39 Å². The molecule has 4 aromatic rings. The second-order valence-electron chi connectivity index (χ2n) is 10.5. The van der Waals surface area contributed by atoms with Crippen molar-refractivity contribution in [2.24, 2.45) is 0 Å². The van der Waals surface area contributed by atoms with Crippen LogP contribution in [0.3, 0.4) is 0 Å². The Balaban J connectivity index is 1.72. The van der Waals surface area contributed by atoms with E-state index in [1.807, 2.05) is 13.0 Å². The van der Waals surface area contributed by atoms with E-state index >= 15 is 4.39 Å². The molecule has 0 aliphatic carbocycles. The fourth-order valence-electron chi connectivity index (χ4n) is 5.08. The number of nitriles is 1. The summed E-state index contributed by atoms with van der Waals surface area (Å²) >= 11 is 6.16. The molecule has 0 unspecified atom stereocenters. The van der Waals surface area contributed by atoms with Gasteiger partial charge in [-0.2, -0.15) is 18.4 Å². The van der Waals surface area contributed by atoms with Gasteiger partial charge in [-0.15, -0.1) is 0 Å².